The van der Waals surface area contributed by atoms with Crippen molar-refractivity contribution >= 4 is 0 Å². The SMILES string of the molecule is CC(C)CC1CC=[C]CC1. The van der Waals surface area contributed by atoms with E-state index in [9.17, 15) is 0 Å². The molecule has 1 rings (SSSR count). The van der Waals surface area contributed by atoms with E-state index in [1.165, 1.54) is 25.7 Å². The van der Waals surface area contributed by atoms with Crippen LogP contribution < -0.4 is 0 Å². The highest BCUT2D eigenvalue weighted by Gasteiger charge is 2.10. The van der Waals surface area contributed by atoms with E-state index >= 15 is 0 Å². The van der Waals surface area contributed by atoms with Crippen molar-refractivity contribution in [2.75, 3.05) is 0 Å². The molecule has 0 aromatic carbocycles. The largest absolute Gasteiger partial charge is 0.0808 e. The number of rotatable bonds is 2. The van der Waals surface area contributed by atoms with Crippen LogP contribution >= 0.6 is 0 Å². The van der Waals surface area contributed by atoms with Gasteiger partial charge in [0.25, 0.3) is 0 Å². The first-order valence-electron chi connectivity index (χ1n) is 4.34. The summed E-state index contributed by atoms with van der Waals surface area (Å²) in [5.74, 6) is 1.83. The second-order valence-electron chi connectivity index (χ2n) is 3.68. The molecule has 0 heteroatoms. The van der Waals surface area contributed by atoms with Crippen molar-refractivity contribution in [3.8, 4) is 0 Å². The van der Waals surface area contributed by atoms with Crippen molar-refractivity contribution in [3.63, 3.8) is 0 Å². The Morgan fingerprint density at radius 3 is 2.90 bits per heavy atom. The molecule has 1 unspecified atom stereocenters. The molecule has 0 bridgehead atoms. The van der Waals surface area contributed by atoms with Gasteiger partial charge in [0.2, 0.25) is 0 Å². The van der Waals surface area contributed by atoms with E-state index in [1.807, 2.05) is 0 Å². The van der Waals surface area contributed by atoms with E-state index in [0.29, 0.717) is 0 Å². The van der Waals surface area contributed by atoms with Gasteiger partial charge < -0.3 is 0 Å². The maximum atomic E-state index is 3.26. The van der Waals surface area contributed by atoms with Gasteiger partial charge in [-0.1, -0.05) is 19.9 Å². The predicted molar refractivity (Wildman–Crippen MR) is 44.6 cm³/mol. The van der Waals surface area contributed by atoms with Crippen LogP contribution in [0.25, 0.3) is 0 Å². The Kier molecular flexibility index (Phi) is 2.98. The lowest BCUT2D eigenvalue weighted by atomic mass is 9.87. The molecule has 0 spiro atoms. The van der Waals surface area contributed by atoms with Crippen LogP contribution in [-0.4, -0.2) is 0 Å². The van der Waals surface area contributed by atoms with Gasteiger partial charge in [-0.05, 0) is 43.6 Å². The molecule has 1 radical (unpaired) electrons. The molecule has 0 aromatic heterocycles. The predicted octanol–water partition coefficient (Wildman–Crippen LogP) is 3.19. The lowest BCUT2D eigenvalue weighted by molar-refractivity contribution is 0.380. The molecule has 0 nitrogen and oxygen atoms in total. The third-order valence-corrected chi connectivity index (χ3v) is 2.10. The molecule has 1 atom stereocenters. The minimum atomic E-state index is 0.872. The molecule has 0 saturated carbocycles. The van der Waals surface area contributed by atoms with Gasteiger partial charge in [-0.25, -0.2) is 0 Å². The van der Waals surface area contributed by atoms with E-state index in [0.717, 1.165) is 11.8 Å². The van der Waals surface area contributed by atoms with Crippen molar-refractivity contribution in [3.05, 3.63) is 12.2 Å². The van der Waals surface area contributed by atoms with Gasteiger partial charge in [0.1, 0.15) is 0 Å². The zero-order valence-electron chi connectivity index (χ0n) is 7.06. The molecular weight excluding hydrogens is 120 g/mol. The van der Waals surface area contributed by atoms with Crippen LogP contribution in [-0.2, 0) is 0 Å². The molecule has 10 heavy (non-hydrogen) atoms. The van der Waals surface area contributed by atoms with Crippen molar-refractivity contribution in [1.29, 1.82) is 0 Å². The van der Waals surface area contributed by atoms with Gasteiger partial charge in [0, 0.05) is 0 Å². The van der Waals surface area contributed by atoms with E-state index in [2.05, 4.69) is 26.0 Å². The van der Waals surface area contributed by atoms with Gasteiger partial charge in [0.05, 0.1) is 0 Å². The van der Waals surface area contributed by atoms with Crippen LogP contribution in [0.5, 0.6) is 0 Å². The van der Waals surface area contributed by atoms with Crippen molar-refractivity contribution in [2.45, 2.75) is 39.5 Å². The Labute approximate surface area is 64.3 Å². The molecule has 0 aliphatic heterocycles. The van der Waals surface area contributed by atoms with Crippen molar-refractivity contribution < 1.29 is 0 Å². The second kappa shape index (κ2) is 3.80. The summed E-state index contributed by atoms with van der Waals surface area (Å²) < 4.78 is 0. The van der Waals surface area contributed by atoms with Crippen molar-refractivity contribution in [2.24, 2.45) is 11.8 Å². The molecule has 0 heterocycles. The third kappa shape index (κ3) is 2.55. The molecule has 1 aliphatic carbocycles. The first-order chi connectivity index (χ1) is 4.79. The second-order valence-corrected chi connectivity index (χ2v) is 3.68. The number of hydrogen-bond acceptors (Lipinski definition) is 0. The molecule has 1 aliphatic rings. The fourth-order valence-electron chi connectivity index (χ4n) is 1.64. The Hall–Kier alpha value is -0.260. The topological polar surface area (TPSA) is 0 Å². The normalized spacial score (nSPS) is 25.7. The van der Waals surface area contributed by atoms with Crippen molar-refractivity contribution in [1.82, 2.24) is 0 Å². The zero-order chi connectivity index (χ0) is 7.40. The quantitative estimate of drug-likeness (QED) is 0.548. The smallest absolute Gasteiger partial charge is 0.0277 e. The van der Waals surface area contributed by atoms with E-state index in [4.69, 9.17) is 0 Å². The monoisotopic (exact) mass is 137 g/mol. The van der Waals surface area contributed by atoms with Crippen LogP contribution in [0.3, 0.4) is 0 Å². The minimum Gasteiger partial charge on any atom is -0.0808 e. The molecular formula is C10H17. The van der Waals surface area contributed by atoms with E-state index < -0.39 is 0 Å². The zero-order valence-corrected chi connectivity index (χ0v) is 7.06. The Balaban J connectivity index is 2.22. The van der Waals surface area contributed by atoms with Crippen LogP contribution in [0.4, 0.5) is 0 Å². The maximum absolute atomic E-state index is 3.26. The standard InChI is InChI=1S/C10H17/c1-9(2)8-10-6-4-3-5-7-10/h4,9-10H,5-8H2,1-2H3. The van der Waals surface area contributed by atoms with E-state index in [-0.39, 0.29) is 0 Å². The third-order valence-electron chi connectivity index (χ3n) is 2.10. The Bertz CT molecular complexity index is 111. The van der Waals surface area contributed by atoms with Crippen LogP contribution in [0, 0.1) is 17.9 Å². The highest BCUT2D eigenvalue weighted by molar-refractivity contribution is 4.84. The first-order valence-corrected chi connectivity index (χ1v) is 4.34. The summed E-state index contributed by atoms with van der Waals surface area (Å²) in [6, 6.07) is 0. The van der Waals surface area contributed by atoms with Gasteiger partial charge in [-0.15, -0.1) is 0 Å². The fraction of sp³-hybridized carbons (Fsp3) is 0.800. The Morgan fingerprint density at radius 2 is 2.40 bits per heavy atom. The van der Waals surface area contributed by atoms with Crippen LogP contribution in [0.15, 0.2) is 6.08 Å². The van der Waals surface area contributed by atoms with Gasteiger partial charge in [0.15, 0.2) is 0 Å². The summed E-state index contributed by atoms with van der Waals surface area (Å²) in [5, 5.41) is 0. The van der Waals surface area contributed by atoms with Gasteiger partial charge in [-0.3, -0.25) is 0 Å². The molecule has 0 saturated heterocycles. The fourth-order valence-corrected chi connectivity index (χ4v) is 1.64. The summed E-state index contributed by atoms with van der Waals surface area (Å²) >= 11 is 0. The molecule has 0 amide bonds. The summed E-state index contributed by atoms with van der Waals surface area (Å²) in [5.41, 5.74) is 0. The van der Waals surface area contributed by atoms with Crippen LogP contribution in [0.1, 0.15) is 39.5 Å². The van der Waals surface area contributed by atoms with Crippen LogP contribution in [0.2, 0.25) is 0 Å². The Morgan fingerprint density at radius 1 is 1.60 bits per heavy atom. The number of hydrogen-bond donors (Lipinski definition) is 0. The lowest BCUT2D eigenvalue weighted by Gasteiger charge is -2.18. The minimum absolute atomic E-state index is 0.872. The van der Waals surface area contributed by atoms with Gasteiger partial charge >= 0.3 is 0 Å². The molecule has 57 valence electrons. The van der Waals surface area contributed by atoms with Gasteiger partial charge in [-0.2, -0.15) is 0 Å². The summed E-state index contributed by atoms with van der Waals surface area (Å²) in [6.07, 6.45) is 10.7. The molecule has 0 aromatic rings. The highest BCUT2D eigenvalue weighted by Crippen LogP contribution is 2.24. The first kappa shape index (κ1) is 7.84. The molecule has 0 fully saturated rings. The van der Waals surface area contributed by atoms with E-state index in [1.54, 1.807) is 0 Å². The maximum Gasteiger partial charge on any atom is -0.0277 e. The lowest BCUT2D eigenvalue weighted by Crippen LogP contribution is -2.05. The summed E-state index contributed by atoms with van der Waals surface area (Å²) in [6.45, 7) is 4.62. The number of allylic oxidation sites excluding steroid dienone is 2. The molecule has 0 N–H and O–H groups in total. The summed E-state index contributed by atoms with van der Waals surface area (Å²) in [4.78, 5) is 0. The average molecular weight is 137 g/mol. The summed E-state index contributed by atoms with van der Waals surface area (Å²) in [7, 11) is 0. The highest BCUT2D eigenvalue weighted by atomic mass is 14.2. The average Bonchev–Trinajstić information content (AvgIpc) is 1.88.